The number of hydrogen-bond donors (Lipinski definition) is 1. The van der Waals surface area contributed by atoms with E-state index in [2.05, 4.69) is 15.3 Å². The first-order valence-electron chi connectivity index (χ1n) is 12.7. The molecule has 11 nitrogen and oxygen atoms in total. The number of benzene rings is 1. The number of aryl methyl sites for hydroxylation is 1. The van der Waals surface area contributed by atoms with Gasteiger partial charge in [0.2, 0.25) is 0 Å². The van der Waals surface area contributed by atoms with Crippen LogP contribution in [-0.2, 0) is 16.5 Å². The Morgan fingerprint density at radius 1 is 0.947 bits per heavy atom. The van der Waals surface area contributed by atoms with Crippen molar-refractivity contribution >= 4 is 29.0 Å². The molecule has 2 aliphatic heterocycles. The summed E-state index contributed by atoms with van der Waals surface area (Å²) in [6, 6.07) is 13.8. The van der Waals surface area contributed by atoms with Crippen molar-refractivity contribution in [3.05, 3.63) is 66.1 Å². The third-order valence-corrected chi connectivity index (χ3v) is 6.89. The molecule has 0 atom stereocenters. The van der Waals surface area contributed by atoms with Gasteiger partial charge >= 0.3 is 0 Å². The third kappa shape index (κ3) is 4.61. The highest BCUT2D eigenvalue weighted by Crippen LogP contribution is 2.28. The number of imidazole rings is 1. The summed E-state index contributed by atoms with van der Waals surface area (Å²) in [5, 5.41) is 7.21. The molecular formula is C27H29N7O4. The zero-order valence-corrected chi connectivity index (χ0v) is 21.2. The molecule has 0 spiro atoms. The molecule has 0 saturated carbocycles. The van der Waals surface area contributed by atoms with Crippen molar-refractivity contribution in [3.8, 4) is 11.3 Å². The quantitative estimate of drug-likeness (QED) is 0.435. The topological polar surface area (TPSA) is 106 Å². The molecule has 0 bridgehead atoms. The van der Waals surface area contributed by atoms with Crippen molar-refractivity contribution in [3.63, 3.8) is 0 Å². The molecule has 3 aromatic heterocycles. The van der Waals surface area contributed by atoms with Crippen LogP contribution in [0.4, 0.5) is 11.5 Å². The maximum atomic E-state index is 13.5. The number of hydrogen-bond acceptors (Lipinski definition) is 7. The van der Waals surface area contributed by atoms with E-state index in [1.165, 1.54) is 10.9 Å². The molecule has 196 valence electrons. The van der Waals surface area contributed by atoms with Crippen LogP contribution in [0.2, 0.25) is 0 Å². The molecule has 0 unspecified atom stereocenters. The van der Waals surface area contributed by atoms with Gasteiger partial charge in [0.15, 0.2) is 0 Å². The van der Waals surface area contributed by atoms with Crippen molar-refractivity contribution in [2.45, 2.75) is 0 Å². The Hall–Kier alpha value is -4.22. The zero-order chi connectivity index (χ0) is 26.1. The van der Waals surface area contributed by atoms with Gasteiger partial charge in [-0.1, -0.05) is 30.3 Å². The number of carbonyl (C=O) groups excluding carboxylic acids is 2. The highest BCUT2D eigenvalue weighted by Gasteiger charge is 2.27. The Morgan fingerprint density at radius 3 is 2.39 bits per heavy atom. The Labute approximate surface area is 219 Å². The fourth-order valence-electron chi connectivity index (χ4n) is 4.92. The summed E-state index contributed by atoms with van der Waals surface area (Å²) in [6.07, 6.45) is 3.47. The van der Waals surface area contributed by atoms with E-state index in [1.54, 1.807) is 11.9 Å². The number of pyridine rings is 1. The van der Waals surface area contributed by atoms with Crippen LogP contribution in [0.5, 0.6) is 0 Å². The van der Waals surface area contributed by atoms with E-state index >= 15 is 0 Å². The summed E-state index contributed by atoms with van der Waals surface area (Å²) >= 11 is 0. The lowest BCUT2D eigenvalue weighted by Gasteiger charge is -2.29. The van der Waals surface area contributed by atoms with E-state index in [1.807, 2.05) is 53.1 Å². The van der Waals surface area contributed by atoms with Gasteiger partial charge in [0.05, 0.1) is 43.9 Å². The van der Waals surface area contributed by atoms with Gasteiger partial charge in [0.1, 0.15) is 17.2 Å². The van der Waals surface area contributed by atoms with Gasteiger partial charge in [0.25, 0.3) is 11.8 Å². The zero-order valence-electron chi connectivity index (χ0n) is 21.2. The average molecular weight is 516 g/mol. The summed E-state index contributed by atoms with van der Waals surface area (Å²) in [5.74, 6) is 0.274. The van der Waals surface area contributed by atoms with Gasteiger partial charge in [-0.2, -0.15) is 5.10 Å². The average Bonchev–Trinajstić information content (AvgIpc) is 3.57. The Morgan fingerprint density at radius 2 is 1.66 bits per heavy atom. The van der Waals surface area contributed by atoms with Gasteiger partial charge in [-0.05, 0) is 0 Å². The van der Waals surface area contributed by atoms with Crippen LogP contribution < -0.4 is 10.2 Å². The number of fused-ring (bicyclic) bond motifs is 1. The molecule has 1 aromatic carbocycles. The van der Waals surface area contributed by atoms with Gasteiger partial charge in [-0.3, -0.25) is 18.7 Å². The predicted molar refractivity (Wildman–Crippen MR) is 142 cm³/mol. The van der Waals surface area contributed by atoms with E-state index in [-0.39, 0.29) is 17.2 Å². The standard InChI is InChI=1S/C27H29N7O4/c1-31-25(21(17-28-31)27(36)33-9-13-38-14-10-33)26(35)29-20-15-23-30-22(19-5-3-2-4-6-19)18-34(23)24(16-20)32-7-11-37-12-8-32/h2-6,15-18H,7-14H2,1H3,(H,29,35). The van der Waals surface area contributed by atoms with Crippen LogP contribution in [-0.4, -0.2) is 88.5 Å². The summed E-state index contributed by atoms with van der Waals surface area (Å²) in [4.78, 5) is 35.5. The van der Waals surface area contributed by atoms with Crippen LogP contribution in [0.25, 0.3) is 16.9 Å². The van der Waals surface area contributed by atoms with Crippen LogP contribution >= 0.6 is 0 Å². The predicted octanol–water partition coefficient (Wildman–Crippen LogP) is 2.30. The minimum atomic E-state index is -0.409. The number of carbonyl (C=O) groups is 2. The number of amides is 2. The maximum absolute atomic E-state index is 13.5. The molecule has 2 saturated heterocycles. The van der Waals surface area contributed by atoms with E-state index in [0.717, 1.165) is 30.2 Å². The van der Waals surface area contributed by atoms with Crippen molar-refractivity contribution in [1.29, 1.82) is 0 Å². The van der Waals surface area contributed by atoms with Crippen molar-refractivity contribution in [2.75, 3.05) is 62.8 Å². The summed E-state index contributed by atoms with van der Waals surface area (Å²) < 4.78 is 14.4. The van der Waals surface area contributed by atoms with Crippen molar-refractivity contribution in [1.82, 2.24) is 24.1 Å². The number of ether oxygens (including phenoxy) is 2. The monoisotopic (exact) mass is 515 g/mol. The number of rotatable bonds is 5. The minimum absolute atomic E-state index is 0.211. The molecule has 11 heteroatoms. The lowest BCUT2D eigenvalue weighted by molar-refractivity contribution is 0.0302. The molecular weight excluding hydrogens is 486 g/mol. The van der Waals surface area contributed by atoms with Gasteiger partial charge in [0, 0.05) is 62.8 Å². The van der Waals surface area contributed by atoms with Crippen molar-refractivity contribution in [2.24, 2.45) is 7.05 Å². The molecule has 6 rings (SSSR count). The van der Waals surface area contributed by atoms with Crippen LogP contribution in [0, 0.1) is 0 Å². The molecule has 1 N–H and O–H groups in total. The van der Waals surface area contributed by atoms with Crippen LogP contribution in [0.3, 0.4) is 0 Å². The summed E-state index contributed by atoms with van der Waals surface area (Å²) in [5.41, 5.74) is 3.62. The van der Waals surface area contributed by atoms with E-state index < -0.39 is 5.91 Å². The lowest BCUT2D eigenvalue weighted by atomic mass is 10.2. The molecule has 38 heavy (non-hydrogen) atoms. The first-order valence-corrected chi connectivity index (χ1v) is 12.7. The molecule has 2 amide bonds. The Balaban J connectivity index is 1.35. The number of nitrogens with one attached hydrogen (secondary N) is 1. The third-order valence-electron chi connectivity index (χ3n) is 6.89. The first kappa shape index (κ1) is 24.1. The second kappa shape index (κ2) is 10.3. The Bertz CT molecular complexity index is 1470. The smallest absolute Gasteiger partial charge is 0.274 e. The van der Waals surface area contributed by atoms with Crippen LogP contribution in [0.1, 0.15) is 20.8 Å². The SMILES string of the molecule is Cn1ncc(C(=O)N2CCOCC2)c1C(=O)Nc1cc(N2CCOCC2)n2cc(-c3ccccc3)nc2c1. The molecule has 0 radical (unpaired) electrons. The highest BCUT2D eigenvalue weighted by atomic mass is 16.5. The molecule has 2 aliphatic rings. The van der Waals surface area contributed by atoms with Crippen LogP contribution in [0.15, 0.2) is 54.9 Å². The molecule has 2 fully saturated rings. The van der Waals surface area contributed by atoms with E-state index in [0.29, 0.717) is 50.9 Å². The minimum Gasteiger partial charge on any atom is -0.378 e. The molecule has 0 aliphatic carbocycles. The van der Waals surface area contributed by atoms with Gasteiger partial charge < -0.3 is 24.6 Å². The van der Waals surface area contributed by atoms with E-state index in [9.17, 15) is 9.59 Å². The molecule has 4 aromatic rings. The Kier molecular flexibility index (Phi) is 6.52. The van der Waals surface area contributed by atoms with Gasteiger partial charge in [-0.25, -0.2) is 4.98 Å². The number of nitrogens with zero attached hydrogens (tertiary/aromatic N) is 6. The molecule has 5 heterocycles. The summed E-state index contributed by atoms with van der Waals surface area (Å²) in [6.45, 7) is 4.63. The second-order valence-corrected chi connectivity index (χ2v) is 9.31. The fourth-order valence-corrected chi connectivity index (χ4v) is 4.92. The van der Waals surface area contributed by atoms with E-state index in [4.69, 9.17) is 14.5 Å². The number of morpholine rings is 2. The second-order valence-electron chi connectivity index (χ2n) is 9.31. The number of aromatic nitrogens is 4. The van der Waals surface area contributed by atoms with Crippen molar-refractivity contribution < 1.29 is 19.1 Å². The summed E-state index contributed by atoms with van der Waals surface area (Å²) in [7, 11) is 1.66. The maximum Gasteiger partial charge on any atom is 0.274 e. The fraction of sp³-hybridized carbons (Fsp3) is 0.333. The van der Waals surface area contributed by atoms with Gasteiger partial charge in [-0.15, -0.1) is 0 Å². The first-order chi connectivity index (χ1) is 18.6. The lowest BCUT2D eigenvalue weighted by Crippen LogP contribution is -2.41. The highest BCUT2D eigenvalue weighted by molar-refractivity contribution is 6.11. The normalized spacial score (nSPS) is 16.1. The largest absolute Gasteiger partial charge is 0.378 e. The number of anilines is 2.